The van der Waals surface area contributed by atoms with Crippen molar-refractivity contribution in [3.63, 3.8) is 0 Å². The number of fused-ring (bicyclic) bond motifs is 1. The fourth-order valence-electron chi connectivity index (χ4n) is 1.88. The van der Waals surface area contributed by atoms with Gasteiger partial charge in [-0.15, -0.1) is 11.3 Å². The molecule has 1 heterocycles. The Kier molecular flexibility index (Phi) is 3.40. The van der Waals surface area contributed by atoms with Crippen molar-refractivity contribution in [2.75, 3.05) is 0 Å². The number of para-hydroxylation sites is 1. The summed E-state index contributed by atoms with van der Waals surface area (Å²) in [5, 5.41) is 3.77. The van der Waals surface area contributed by atoms with Gasteiger partial charge in [0.05, 0.1) is 0 Å². The monoisotopic (exact) mass is 292 g/mol. The van der Waals surface area contributed by atoms with E-state index in [1.54, 1.807) is 29.5 Å². The van der Waals surface area contributed by atoms with Crippen molar-refractivity contribution in [1.82, 2.24) is 0 Å². The second-order valence-corrected chi connectivity index (χ2v) is 5.47. The van der Waals surface area contributed by atoms with E-state index in [1.807, 2.05) is 23.6 Å². The zero-order chi connectivity index (χ0) is 13.2. The molecule has 3 aromatic rings. The van der Waals surface area contributed by atoms with Gasteiger partial charge >= 0.3 is 0 Å². The first kappa shape index (κ1) is 12.5. The molecule has 19 heavy (non-hydrogen) atoms. The summed E-state index contributed by atoms with van der Waals surface area (Å²) in [7, 11) is 0. The maximum Gasteiger partial charge on any atom is 0.165 e. The topological polar surface area (TPSA) is 9.23 Å². The van der Waals surface area contributed by atoms with Gasteiger partial charge in [0.2, 0.25) is 0 Å². The third kappa shape index (κ3) is 2.57. The van der Waals surface area contributed by atoms with Crippen molar-refractivity contribution in [3.05, 3.63) is 64.2 Å². The number of benzene rings is 2. The zero-order valence-corrected chi connectivity index (χ0v) is 11.5. The number of ether oxygens (including phenoxy) is 1. The molecule has 0 fully saturated rings. The second-order valence-electron chi connectivity index (χ2n) is 4.12. The van der Waals surface area contributed by atoms with E-state index in [-0.39, 0.29) is 11.6 Å². The van der Waals surface area contributed by atoms with Gasteiger partial charge < -0.3 is 4.74 Å². The summed E-state index contributed by atoms with van der Waals surface area (Å²) in [6.45, 7) is 0.335. The normalized spacial score (nSPS) is 10.8. The number of thiophene rings is 1. The fourth-order valence-corrected chi connectivity index (χ4v) is 2.98. The van der Waals surface area contributed by atoms with Crippen LogP contribution >= 0.6 is 22.9 Å². The maximum atomic E-state index is 13.5. The van der Waals surface area contributed by atoms with E-state index in [0.717, 1.165) is 15.6 Å². The van der Waals surface area contributed by atoms with Gasteiger partial charge in [-0.25, -0.2) is 4.39 Å². The number of hydrogen-bond donors (Lipinski definition) is 0. The molecule has 0 bridgehead atoms. The second kappa shape index (κ2) is 5.19. The fraction of sp³-hybridized carbons (Fsp3) is 0.0667. The Hall–Kier alpha value is -1.58. The molecule has 4 heteroatoms. The lowest BCUT2D eigenvalue weighted by atomic mass is 10.2. The van der Waals surface area contributed by atoms with E-state index >= 15 is 0 Å². The molecule has 2 aromatic carbocycles. The summed E-state index contributed by atoms with van der Waals surface area (Å²) >= 11 is 7.62. The van der Waals surface area contributed by atoms with Crippen LogP contribution in [0.15, 0.2) is 47.8 Å². The molecule has 1 nitrogen and oxygen atoms in total. The molecular formula is C15H10ClFOS. The average molecular weight is 293 g/mol. The molecule has 0 aliphatic carbocycles. The van der Waals surface area contributed by atoms with Gasteiger partial charge in [0.25, 0.3) is 0 Å². The molecule has 0 aliphatic rings. The lowest BCUT2D eigenvalue weighted by Crippen LogP contribution is -1.96. The van der Waals surface area contributed by atoms with Gasteiger partial charge in [-0.05, 0) is 35.7 Å². The highest BCUT2D eigenvalue weighted by Crippen LogP contribution is 2.29. The summed E-state index contributed by atoms with van der Waals surface area (Å²) in [5.41, 5.74) is 1.02. The quantitative estimate of drug-likeness (QED) is 0.639. The third-order valence-corrected chi connectivity index (χ3v) is 4.08. The van der Waals surface area contributed by atoms with Crippen molar-refractivity contribution in [3.8, 4) is 5.75 Å². The first-order valence-electron chi connectivity index (χ1n) is 5.77. The molecule has 0 saturated heterocycles. The van der Waals surface area contributed by atoms with Gasteiger partial charge in [-0.3, -0.25) is 0 Å². The van der Waals surface area contributed by atoms with E-state index in [2.05, 4.69) is 0 Å². The Labute approximate surface area is 119 Å². The zero-order valence-electron chi connectivity index (χ0n) is 9.90. The van der Waals surface area contributed by atoms with Gasteiger partial charge in [0.1, 0.15) is 6.61 Å². The molecule has 96 valence electrons. The van der Waals surface area contributed by atoms with Crippen LogP contribution in [0, 0.1) is 5.82 Å². The van der Waals surface area contributed by atoms with Crippen molar-refractivity contribution in [1.29, 1.82) is 0 Å². The molecular weight excluding hydrogens is 283 g/mol. The van der Waals surface area contributed by atoms with Crippen molar-refractivity contribution >= 4 is 33.0 Å². The Bertz CT molecular complexity index is 723. The van der Waals surface area contributed by atoms with Crippen LogP contribution in [-0.2, 0) is 6.61 Å². The molecule has 0 amide bonds. The predicted molar refractivity (Wildman–Crippen MR) is 77.6 cm³/mol. The summed E-state index contributed by atoms with van der Waals surface area (Å²) in [5.74, 6) is -0.0797. The van der Waals surface area contributed by atoms with Crippen LogP contribution in [0.5, 0.6) is 5.75 Å². The standard InChI is InChI=1S/C15H10ClFOS/c16-11-5-6-15-12(7-11)10(9-19-15)8-18-14-4-2-1-3-13(14)17/h1-7,9H,8H2. The van der Waals surface area contributed by atoms with E-state index in [4.69, 9.17) is 16.3 Å². The van der Waals surface area contributed by atoms with E-state index in [0.29, 0.717) is 11.6 Å². The van der Waals surface area contributed by atoms with Crippen LogP contribution in [0.3, 0.4) is 0 Å². The third-order valence-electron chi connectivity index (χ3n) is 2.84. The smallest absolute Gasteiger partial charge is 0.165 e. The van der Waals surface area contributed by atoms with Crippen LogP contribution in [-0.4, -0.2) is 0 Å². The largest absolute Gasteiger partial charge is 0.486 e. The highest BCUT2D eigenvalue weighted by Gasteiger charge is 2.07. The minimum absolute atomic E-state index is 0.267. The Balaban J connectivity index is 1.86. The lowest BCUT2D eigenvalue weighted by Gasteiger charge is -2.06. The van der Waals surface area contributed by atoms with Crippen molar-refractivity contribution in [2.24, 2.45) is 0 Å². The van der Waals surface area contributed by atoms with E-state index in [9.17, 15) is 4.39 Å². The molecule has 0 N–H and O–H groups in total. The highest BCUT2D eigenvalue weighted by molar-refractivity contribution is 7.17. The number of hydrogen-bond acceptors (Lipinski definition) is 2. The molecule has 0 saturated carbocycles. The van der Waals surface area contributed by atoms with Gasteiger partial charge in [0.15, 0.2) is 11.6 Å². The van der Waals surface area contributed by atoms with Crippen LogP contribution in [0.1, 0.15) is 5.56 Å². The Morgan fingerprint density at radius 3 is 2.84 bits per heavy atom. The Morgan fingerprint density at radius 1 is 1.16 bits per heavy atom. The van der Waals surface area contributed by atoms with Gasteiger partial charge in [-0.2, -0.15) is 0 Å². The van der Waals surface area contributed by atoms with Crippen LogP contribution < -0.4 is 4.74 Å². The highest BCUT2D eigenvalue weighted by atomic mass is 35.5. The summed E-state index contributed by atoms with van der Waals surface area (Å²) in [6.07, 6.45) is 0. The molecule has 0 atom stereocenters. The predicted octanol–water partition coefficient (Wildman–Crippen LogP) is 5.27. The van der Waals surface area contributed by atoms with Crippen LogP contribution in [0.25, 0.3) is 10.1 Å². The average Bonchev–Trinajstić information content (AvgIpc) is 2.80. The van der Waals surface area contributed by atoms with E-state index < -0.39 is 0 Å². The lowest BCUT2D eigenvalue weighted by molar-refractivity contribution is 0.292. The first-order chi connectivity index (χ1) is 9.24. The molecule has 3 rings (SSSR count). The van der Waals surface area contributed by atoms with Crippen molar-refractivity contribution in [2.45, 2.75) is 6.61 Å². The van der Waals surface area contributed by atoms with Gasteiger partial charge in [-0.1, -0.05) is 23.7 Å². The summed E-state index contributed by atoms with van der Waals surface area (Å²) in [4.78, 5) is 0. The molecule has 0 unspecified atom stereocenters. The van der Waals surface area contributed by atoms with Crippen molar-refractivity contribution < 1.29 is 9.13 Å². The molecule has 0 radical (unpaired) electrons. The number of halogens is 2. The van der Waals surface area contributed by atoms with E-state index in [1.165, 1.54) is 6.07 Å². The van der Waals surface area contributed by atoms with Gasteiger partial charge in [0, 0.05) is 20.7 Å². The summed E-state index contributed by atoms with van der Waals surface area (Å²) < 4.78 is 20.1. The minimum atomic E-state index is -0.347. The summed E-state index contributed by atoms with van der Waals surface area (Å²) in [6, 6.07) is 12.2. The van der Waals surface area contributed by atoms with Crippen LogP contribution in [0.2, 0.25) is 5.02 Å². The minimum Gasteiger partial charge on any atom is -0.486 e. The maximum absolute atomic E-state index is 13.5. The number of rotatable bonds is 3. The Morgan fingerprint density at radius 2 is 2.00 bits per heavy atom. The van der Waals surface area contributed by atoms with Crippen LogP contribution in [0.4, 0.5) is 4.39 Å². The SMILES string of the molecule is Fc1ccccc1OCc1csc2ccc(Cl)cc12. The molecule has 0 aliphatic heterocycles. The molecule has 1 aromatic heterocycles. The molecule has 0 spiro atoms. The first-order valence-corrected chi connectivity index (χ1v) is 7.03.